The Morgan fingerprint density at radius 3 is 3.25 bits per heavy atom. The van der Waals surface area contributed by atoms with Crippen LogP contribution in [0.2, 0.25) is 0 Å². The van der Waals surface area contributed by atoms with Crippen molar-refractivity contribution in [2.45, 2.75) is 6.42 Å². The Balaban J connectivity index is 1.78. The van der Waals surface area contributed by atoms with E-state index < -0.39 is 0 Å². The van der Waals surface area contributed by atoms with E-state index in [9.17, 15) is 4.79 Å². The first-order valence-electron chi connectivity index (χ1n) is 6.61. The Labute approximate surface area is 121 Å². The van der Waals surface area contributed by atoms with Gasteiger partial charge in [-0.05, 0) is 24.6 Å². The molecule has 0 spiro atoms. The molecule has 1 aromatic carbocycles. The van der Waals surface area contributed by atoms with Gasteiger partial charge in [0.15, 0.2) is 5.13 Å². The molecule has 106 valence electrons. The van der Waals surface area contributed by atoms with Gasteiger partial charge in [0.2, 0.25) is 0 Å². The van der Waals surface area contributed by atoms with Crippen LogP contribution in [0.5, 0.6) is 0 Å². The number of aromatic nitrogens is 1. The summed E-state index contributed by atoms with van der Waals surface area (Å²) < 4.78 is 6.12. The molecule has 0 aliphatic carbocycles. The molecule has 1 aliphatic heterocycles. The van der Waals surface area contributed by atoms with Crippen LogP contribution in [0.1, 0.15) is 16.8 Å². The van der Waals surface area contributed by atoms with Gasteiger partial charge in [0.25, 0.3) is 5.91 Å². The molecule has 6 heteroatoms. The second-order valence-electron chi connectivity index (χ2n) is 5.10. The quantitative estimate of drug-likeness (QED) is 0.939. The van der Waals surface area contributed by atoms with Crippen molar-refractivity contribution in [1.82, 2.24) is 9.88 Å². The number of amides is 1. The molecule has 2 aromatic rings. The van der Waals surface area contributed by atoms with Gasteiger partial charge in [-0.15, -0.1) is 0 Å². The van der Waals surface area contributed by atoms with Gasteiger partial charge in [0.1, 0.15) is 0 Å². The molecule has 0 bridgehead atoms. The molecule has 1 fully saturated rings. The van der Waals surface area contributed by atoms with Gasteiger partial charge < -0.3 is 15.4 Å². The second-order valence-corrected chi connectivity index (χ2v) is 6.16. The molecule has 1 amide bonds. The van der Waals surface area contributed by atoms with Crippen LogP contribution in [0.25, 0.3) is 10.2 Å². The SMILES string of the molecule is COCC1CCN(C(=O)c2ccc3nc(N)sc3c2)C1. The molecule has 1 aliphatic rings. The van der Waals surface area contributed by atoms with Crippen LogP contribution in [0.15, 0.2) is 18.2 Å². The summed E-state index contributed by atoms with van der Waals surface area (Å²) in [6.45, 7) is 2.29. The van der Waals surface area contributed by atoms with Crippen LogP contribution in [0.4, 0.5) is 5.13 Å². The number of benzene rings is 1. The first kappa shape index (κ1) is 13.3. The molecule has 3 rings (SSSR count). The van der Waals surface area contributed by atoms with Crippen molar-refractivity contribution in [2.24, 2.45) is 5.92 Å². The maximum absolute atomic E-state index is 12.5. The van der Waals surface area contributed by atoms with Crippen LogP contribution in [0, 0.1) is 5.92 Å². The average molecular weight is 291 g/mol. The summed E-state index contributed by atoms with van der Waals surface area (Å²) in [5, 5.41) is 0.533. The van der Waals surface area contributed by atoms with Gasteiger partial charge in [0.05, 0.1) is 16.8 Å². The van der Waals surface area contributed by atoms with E-state index in [0.29, 0.717) is 23.2 Å². The highest BCUT2D eigenvalue weighted by molar-refractivity contribution is 7.22. The Morgan fingerprint density at radius 1 is 1.60 bits per heavy atom. The number of carbonyl (C=O) groups is 1. The number of likely N-dealkylation sites (tertiary alicyclic amines) is 1. The molecular formula is C14H17N3O2S. The molecule has 2 heterocycles. The molecular weight excluding hydrogens is 274 g/mol. The van der Waals surface area contributed by atoms with E-state index >= 15 is 0 Å². The maximum atomic E-state index is 12.5. The summed E-state index contributed by atoms with van der Waals surface area (Å²) in [4.78, 5) is 18.6. The Bertz CT molecular complexity index is 640. The Morgan fingerprint density at radius 2 is 2.45 bits per heavy atom. The summed E-state index contributed by atoms with van der Waals surface area (Å²) in [6.07, 6.45) is 1.01. The van der Waals surface area contributed by atoms with Crippen LogP contribution < -0.4 is 5.73 Å². The van der Waals surface area contributed by atoms with E-state index in [1.807, 2.05) is 23.1 Å². The fourth-order valence-corrected chi connectivity index (χ4v) is 3.42. The van der Waals surface area contributed by atoms with Gasteiger partial charge >= 0.3 is 0 Å². The van der Waals surface area contributed by atoms with Gasteiger partial charge in [-0.3, -0.25) is 4.79 Å². The molecule has 1 aromatic heterocycles. The standard InChI is InChI=1S/C14H17N3O2S/c1-19-8-9-4-5-17(7-9)13(18)10-2-3-11-12(6-10)20-14(15)16-11/h2-3,6,9H,4-5,7-8H2,1H3,(H2,15,16). The van der Waals surface area contributed by atoms with Gasteiger partial charge in [-0.1, -0.05) is 11.3 Å². The lowest BCUT2D eigenvalue weighted by atomic mass is 10.1. The van der Waals surface area contributed by atoms with Crippen LogP contribution in [-0.4, -0.2) is 42.6 Å². The zero-order chi connectivity index (χ0) is 14.1. The van der Waals surface area contributed by atoms with Crippen LogP contribution in [0.3, 0.4) is 0 Å². The van der Waals surface area contributed by atoms with Crippen LogP contribution in [-0.2, 0) is 4.74 Å². The molecule has 5 nitrogen and oxygen atoms in total. The predicted molar refractivity (Wildman–Crippen MR) is 79.9 cm³/mol. The minimum Gasteiger partial charge on any atom is -0.384 e. The van der Waals surface area contributed by atoms with E-state index in [2.05, 4.69) is 4.98 Å². The van der Waals surface area contributed by atoms with Gasteiger partial charge in [0, 0.05) is 31.7 Å². The number of nitrogens with zero attached hydrogens (tertiary/aromatic N) is 2. The van der Waals surface area contributed by atoms with E-state index in [0.717, 1.165) is 29.7 Å². The lowest BCUT2D eigenvalue weighted by Gasteiger charge is -2.16. The van der Waals surface area contributed by atoms with Crippen molar-refractivity contribution in [3.8, 4) is 0 Å². The molecule has 0 saturated carbocycles. The fraction of sp³-hybridized carbons (Fsp3) is 0.429. The topological polar surface area (TPSA) is 68.5 Å². The highest BCUT2D eigenvalue weighted by Gasteiger charge is 2.27. The third-order valence-corrected chi connectivity index (χ3v) is 4.47. The minimum atomic E-state index is 0.0810. The third-order valence-electron chi connectivity index (χ3n) is 3.63. The summed E-state index contributed by atoms with van der Waals surface area (Å²) in [6, 6.07) is 5.57. The van der Waals surface area contributed by atoms with E-state index in [4.69, 9.17) is 10.5 Å². The number of rotatable bonds is 3. The predicted octanol–water partition coefficient (Wildman–Crippen LogP) is 1.99. The van der Waals surface area contributed by atoms with Crippen molar-refractivity contribution in [2.75, 3.05) is 32.5 Å². The smallest absolute Gasteiger partial charge is 0.253 e. The number of hydrogen-bond donors (Lipinski definition) is 1. The molecule has 20 heavy (non-hydrogen) atoms. The highest BCUT2D eigenvalue weighted by atomic mass is 32.1. The Hall–Kier alpha value is -1.66. The van der Waals surface area contributed by atoms with E-state index in [1.54, 1.807) is 7.11 Å². The number of ether oxygens (including phenoxy) is 1. The largest absolute Gasteiger partial charge is 0.384 e. The van der Waals surface area contributed by atoms with Gasteiger partial charge in [-0.25, -0.2) is 4.98 Å². The van der Waals surface area contributed by atoms with Gasteiger partial charge in [-0.2, -0.15) is 0 Å². The first-order valence-corrected chi connectivity index (χ1v) is 7.43. The number of methoxy groups -OCH3 is 1. The zero-order valence-corrected chi connectivity index (χ0v) is 12.2. The number of thiazole rings is 1. The summed E-state index contributed by atoms with van der Waals surface area (Å²) in [5.74, 6) is 0.532. The van der Waals surface area contributed by atoms with E-state index in [-0.39, 0.29) is 5.91 Å². The second kappa shape index (κ2) is 5.38. The lowest BCUT2D eigenvalue weighted by molar-refractivity contribution is 0.0775. The maximum Gasteiger partial charge on any atom is 0.253 e. The minimum absolute atomic E-state index is 0.0810. The number of fused-ring (bicyclic) bond motifs is 1. The molecule has 1 saturated heterocycles. The summed E-state index contributed by atoms with van der Waals surface area (Å²) in [5.41, 5.74) is 7.25. The van der Waals surface area contributed by atoms with Crippen molar-refractivity contribution < 1.29 is 9.53 Å². The van der Waals surface area contributed by atoms with Crippen molar-refractivity contribution in [3.05, 3.63) is 23.8 Å². The number of carbonyl (C=O) groups excluding carboxylic acids is 1. The van der Waals surface area contributed by atoms with Crippen LogP contribution >= 0.6 is 11.3 Å². The molecule has 1 atom stereocenters. The highest BCUT2D eigenvalue weighted by Crippen LogP contribution is 2.26. The molecule has 0 radical (unpaired) electrons. The van der Waals surface area contributed by atoms with Crippen molar-refractivity contribution in [1.29, 1.82) is 0 Å². The van der Waals surface area contributed by atoms with Crippen molar-refractivity contribution >= 4 is 32.6 Å². The third kappa shape index (κ3) is 2.48. The molecule has 1 unspecified atom stereocenters. The number of nitrogen functional groups attached to an aromatic ring is 1. The Kier molecular flexibility index (Phi) is 3.58. The summed E-state index contributed by atoms with van der Waals surface area (Å²) >= 11 is 1.41. The normalized spacial score (nSPS) is 18.9. The average Bonchev–Trinajstić information content (AvgIpc) is 3.02. The molecule has 2 N–H and O–H groups in total. The first-order chi connectivity index (χ1) is 9.67. The lowest BCUT2D eigenvalue weighted by Crippen LogP contribution is -2.29. The van der Waals surface area contributed by atoms with E-state index in [1.165, 1.54) is 11.3 Å². The fourth-order valence-electron chi connectivity index (χ4n) is 2.65. The summed E-state index contributed by atoms with van der Waals surface area (Å²) in [7, 11) is 1.70. The zero-order valence-electron chi connectivity index (χ0n) is 11.3. The van der Waals surface area contributed by atoms with Crippen molar-refractivity contribution in [3.63, 3.8) is 0 Å². The number of hydrogen-bond acceptors (Lipinski definition) is 5. The monoisotopic (exact) mass is 291 g/mol. The number of nitrogens with two attached hydrogens (primary N) is 1. The number of anilines is 1.